The fourth-order valence-electron chi connectivity index (χ4n) is 2.49. The molecule has 0 aromatic carbocycles. The molecule has 1 heterocycles. The van der Waals surface area contributed by atoms with Crippen LogP contribution < -0.4 is 5.32 Å². The SMILES string of the molecule is CCOC(=O)CCCNC(=NC)N1CCC(C(=O)OC)CC1. The number of piperidine rings is 1. The van der Waals surface area contributed by atoms with Crippen LogP contribution in [0.25, 0.3) is 0 Å². The highest BCUT2D eigenvalue weighted by molar-refractivity contribution is 5.80. The Bertz CT molecular complexity index is 390. The van der Waals surface area contributed by atoms with Gasteiger partial charge in [0.15, 0.2) is 5.96 Å². The molecule has 0 aliphatic carbocycles. The van der Waals surface area contributed by atoms with Crippen molar-refractivity contribution >= 4 is 17.9 Å². The predicted octanol–water partition coefficient (Wildman–Crippen LogP) is 0.790. The minimum atomic E-state index is -0.168. The van der Waals surface area contributed by atoms with E-state index in [9.17, 15) is 9.59 Å². The van der Waals surface area contributed by atoms with Crippen molar-refractivity contribution in [2.45, 2.75) is 32.6 Å². The zero-order valence-electron chi connectivity index (χ0n) is 13.8. The normalized spacial score (nSPS) is 16.3. The van der Waals surface area contributed by atoms with E-state index in [-0.39, 0.29) is 17.9 Å². The van der Waals surface area contributed by atoms with Gasteiger partial charge in [-0.25, -0.2) is 0 Å². The van der Waals surface area contributed by atoms with Crippen LogP contribution in [0.4, 0.5) is 0 Å². The highest BCUT2D eigenvalue weighted by Crippen LogP contribution is 2.18. The zero-order chi connectivity index (χ0) is 16.4. The highest BCUT2D eigenvalue weighted by atomic mass is 16.5. The number of nitrogens with one attached hydrogen (secondary N) is 1. The van der Waals surface area contributed by atoms with E-state index in [2.05, 4.69) is 15.2 Å². The first kappa shape index (κ1) is 18.3. The Balaban J connectivity index is 2.28. The van der Waals surface area contributed by atoms with Gasteiger partial charge in [0, 0.05) is 33.1 Å². The largest absolute Gasteiger partial charge is 0.469 e. The Morgan fingerprint density at radius 2 is 2.00 bits per heavy atom. The second-order valence-corrected chi connectivity index (χ2v) is 5.17. The molecular formula is C15H27N3O4. The van der Waals surface area contributed by atoms with E-state index in [1.165, 1.54) is 7.11 Å². The van der Waals surface area contributed by atoms with Gasteiger partial charge in [-0.3, -0.25) is 14.6 Å². The van der Waals surface area contributed by atoms with Gasteiger partial charge in [0.1, 0.15) is 0 Å². The number of esters is 2. The molecule has 1 N–H and O–H groups in total. The number of hydrogen-bond donors (Lipinski definition) is 1. The monoisotopic (exact) mass is 313 g/mol. The molecule has 0 amide bonds. The van der Waals surface area contributed by atoms with Crippen LogP contribution in [0.15, 0.2) is 4.99 Å². The van der Waals surface area contributed by atoms with Crippen molar-refractivity contribution in [1.29, 1.82) is 0 Å². The number of guanidine groups is 1. The Morgan fingerprint density at radius 3 is 2.55 bits per heavy atom. The smallest absolute Gasteiger partial charge is 0.308 e. The quantitative estimate of drug-likeness (QED) is 0.338. The molecule has 7 nitrogen and oxygen atoms in total. The molecule has 1 rings (SSSR count). The van der Waals surface area contributed by atoms with Crippen LogP contribution in [-0.4, -0.2) is 63.2 Å². The summed E-state index contributed by atoms with van der Waals surface area (Å²) < 4.78 is 9.67. The lowest BCUT2D eigenvalue weighted by Gasteiger charge is -2.33. The number of rotatable bonds is 6. The van der Waals surface area contributed by atoms with Gasteiger partial charge in [0.2, 0.25) is 0 Å². The fourth-order valence-corrected chi connectivity index (χ4v) is 2.49. The molecule has 0 atom stereocenters. The third kappa shape index (κ3) is 5.91. The highest BCUT2D eigenvalue weighted by Gasteiger charge is 2.26. The van der Waals surface area contributed by atoms with Gasteiger partial charge in [-0.05, 0) is 26.2 Å². The van der Waals surface area contributed by atoms with E-state index in [0.717, 1.165) is 31.9 Å². The van der Waals surface area contributed by atoms with Crippen LogP contribution in [-0.2, 0) is 19.1 Å². The first-order chi connectivity index (χ1) is 10.6. The third-order valence-corrected chi connectivity index (χ3v) is 3.69. The Kier molecular flexibility index (Phi) is 8.32. The maximum absolute atomic E-state index is 11.5. The lowest BCUT2D eigenvalue weighted by Crippen LogP contribution is -2.46. The average molecular weight is 313 g/mol. The predicted molar refractivity (Wildman–Crippen MR) is 83.5 cm³/mol. The molecule has 0 aromatic rings. The zero-order valence-corrected chi connectivity index (χ0v) is 13.8. The Labute approximate surface area is 132 Å². The number of carbonyl (C=O) groups excluding carboxylic acids is 2. The number of methoxy groups -OCH3 is 1. The number of nitrogens with zero attached hydrogens (tertiary/aromatic N) is 2. The van der Waals surface area contributed by atoms with Crippen LogP contribution in [0.5, 0.6) is 0 Å². The van der Waals surface area contributed by atoms with Crippen LogP contribution >= 0.6 is 0 Å². The third-order valence-electron chi connectivity index (χ3n) is 3.69. The Hall–Kier alpha value is -1.79. The summed E-state index contributed by atoms with van der Waals surface area (Å²) in [6.45, 7) is 4.44. The second kappa shape index (κ2) is 10.0. The van der Waals surface area contributed by atoms with Gasteiger partial charge in [0.05, 0.1) is 19.6 Å². The molecule has 1 fully saturated rings. The van der Waals surface area contributed by atoms with Gasteiger partial charge in [0.25, 0.3) is 0 Å². The Morgan fingerprint density at radius 1 is 1.32 bits per heavy atom. The van der Waals surface area contributed by atoms with Crippen molar-refractivity contribution in [2.24, 2.45) is 10.9 Å². The number of carbonyl (C=O) groups is 2. The molecule has 0 aromatic heterocycles. The van der Waals surface area contributed by atoms with Gasteiger partial charge in [-0.2, -0.15) is 0 Å². The molecule has 1 aliphatic heterocycles. The van der Waals surface area contributed by atoms with Crippen LogP contribution in [0.3, 0.4) is 0 Å². The molecular weight excluding hydrogens is 286 g/mol. The number of likely N-dealkylation sites (tertiary alicyclic amines) is 1. The minimum Gasteiger partial charge on any atom is -0.469 e. The fraction of sp³-hybridized carbons (Fsp3) is 0.800. The van der Waals surface area contributed by atoms with Crippen molar-refractivity contribution in [1.82, 2.24) is 10.2 Å². The molecule has 1 saturated heterocycles. The van der Waals surface area contributed by atoms with Crippen LogP contribution in [0.2, 0.25) is 0 Å². The van der Waals surface area contributed by atoms with Gasteiger partial charge >= 0.3 is 11.9 Å². The summed E-state index contributed by atoms with van der Waals surface area (Å²) in [4.78, 5) is 29.1. The van der Waals surface area contributed by atoms with Gasteiger partial charge in [-0.1, -0.05) is 0 Å². The van der Waals surface area contributed by atoms with E-state index in [0.29, 0.717) is 26.0 Å². The number of hydrogen-bond acceptors (Lipinski definition) is 5. The maximum Gasteiger partial charge on any atom is 0.308 e. The van der Waals surface area contributed by atoms with Gasteiger partial charge in [-0.15, -0.1) is 0 Å². The summed E-state index contributed by atoms with van der Waals surface area (Å²) >= 11 is 0. The van der Waals surface area contributed by atoms with Crippen molar-refractivity contribution in [3.8, 4) is 0 Å². The molecule has 0 spiro atoms. The molecule has 1 aliphatic rings. The molecule has 7 heteroatoms. The standard InChI is InChI=1S/C15H27N3O4/c1-4-22-13(19)6-5-9-17-15(16-2)18-10-7-12(8-11-18)14(20)21-3/h12H,4-11H2,1-3H3,(H,16,17). The van der Waals surface area contributed by atoms with Crippen LogP contribution in [0, 0.1) is 5.92 Å². The lowest BCUT2D eigenvalue weighted by atomic mass is 9.97. The summed E-state index contributed by atoms with van der Waals surface area (Å²) in [5.41, 5.74) is 0. The summed E-state index contributed by atoms with van der Waals surface area (Å²) in [5, 5.41) is 3.25. The number of aliphatic imine (C=N–C) groups is 1. The molecule has 126 valence electrons. The first-order valence-electron chi connectivity index (χ1n) is 7.81. The van der Waals surface area contributed by atoms with E-state index < -0.39 is 0 Å². The number of ether oxygens (including phenoxy) is 2. The topological polar surface area (TPSA) is 80.2 Å². The summed E-state index contributed by atoms with van der Waals surface area (Å²) in [6.07, 6.45) is 2.66. The van der Waals surface area contributed by atoms with Crippen LogP contribution in [0.1, 0.15) is 32.6 Å². The van der Waals surface area contributed by atoms with E-state index in [1.807, 2.05) is 0 Å². The molecule has 0 radical (unpaired) electrons. The summed E-state index contributed by atoms with van der Waals surface area (Å²) in [6, 6.07) is 0. The maximum atomic E-state index is 11.5. The molecule has 22 heavy (non-hydrogen) atoms. The van der Waals surface area contributed by atoms with E-state index >= 15 is 0 Å². The second-order valence-electron chi connectivity index (χ2n) is 5.17. The first-order valence-corrected chi connectivity index (χ1v) is 7.81. The summed E-state index contributed by atoms with van der Waals surface area (Å²) in [7, 11) is 3.17. The van der Waals surface area contributed by atoms with Crippen molar-refractivity contribution < 1.29 is 19.1 Å². The minimum absolute atomic E-state index is 0.0110. The summed E-state index contributed by atoms with van der Waals surface area (Å²) in [5.74, 6) is 0.505. The van der Waals surface area contributed by atoms with Crippen molar-refractivity contribution in [2.75, 3.05) is 40.4 Å². The molecule has 0 unspecified atom stereocenters. The molecule has 0 bridgehead atoms. The van der Waals surface area contributed by atoms with E-state index in [4.69, 9.17) is 9.47 Å². The van der Waals surface area contributed by atoms with E-state index in [1.54, 1.807) is 14.0 Å². The van der Waals surface area contributed by atoms with Crippen molar-refractivity contribution in [3.05, 3.63) is 0 Å². The van der Waals surface area contributed by atoms with Crippen molar-refractivity contribution in [3.63, 3.8) is 0 Å². The van der Waals surface area contributed by atoms with Gasteiger partial charge < -0.3 is 19.7 Å². The molecule has 0 saturated carbocycles. The lowest BCUT2D eigenvalue weighted by molar-refractivity contribution is -0.146. The average Bonchev–Trinajstić information content (AvgIpc) is 2.55.